The van der Waals surface area contributed by atoms with E-state index in [-0.39, 0.29) is 31.4 Å². The van der Waals surface area contributed by atoms with Crippen LogP contribution in [0.3, 0.4) is 0 Å². The third-order valence-corrected chi connectivity index (χ3v) is 2.16. The number of hydrogen-bond donors (Lipinski definition) is 2. The number of esters is 1. The zero-order chi connectivity index (χ0) is 13.4. The molecule has 0 aliphatic heterocycles. The molecule has 1 amide bonds. The van der Waals surface area contributed by atoms with Crippen molar-refractivity contribution in [2.75, 3.05) is 26.0 Å². The number of carbonyl (C=O) groups is 2. The zero-order valence-electron chi connectivity index (χ0n) is 10.1. The summed E-state index contributed by atoms with van der Waals surface area (Å²) in [4.78, 5) is 22.2. The number of anilines is 1. The summed E-state index contributed by atoms with van der Waals surface area (Å²) in [7, 11) is 1.30. The SMILES string of the molecule is COC(=O)CCNC(=O)COc1ccccc1N. The first-order valence-corrected chi connectivity index (χ1v) is 5.44. The van der Waals surface area contributed by atoms with Crippen LogP contribution in [0.2, 0.25) is 0 Å². The van der Waals surface area contributed by atoms with Gasteiger partial charge in [-0.1, -0.05) is 12.1 Å². The molecule has 0 saturated heterocycles. The van der Waals surface area contributed by atoms with E-state index in [1.165, 1.54) is 7.11 Å². The summed E-state index contributed by atoms with van der Waals surface area (Å²) in [5.74, 6) is -0.230. The van der Waals surface area contributed by atoms with E-state index in [4.69, 9.17) is 10.5 Å². The van der Waals surface area contributed by atoms with E-state index in [0.29, 0.717) is 11.4 Å². The van der Waals surface area contributed by atoms with Crippen LogP contribution < -0.4 is 15.8 Å². The van der Waals surface area contributed by atoms with Crippen molar-refractivity contribution in [3.8, 4) is 5.75 Å². The van der Waals surface area contributed by atoms with Crippen molar-refractivity contribution >= 4 is 17.6 Å². The van der Waals surface area contributed by atoms with Crippen molar-refractivity contribution in [1.82, 2.24) is 5.32 Å². The number of nitrogens with two attached hydrogens (primary N) is 1. The lowest BCUT2D eigenvalue weighted by atomic mass is 10.3. The van der Waals surface area contributed by atoms with Crippen LogP contribution in [0.4, 0.5) is 5.69 Å². The molecule has 0 aromatic heterocycles. The number of methoxy groups -OCH3 is 1. The fourth-order valence-electron chi connectivity index (χ4n) is 1.21. The number of hydrogen-bond acceptors (Lipinski definition) is 5. The van der Waals surface area contributed by atoms with E-state index in [9.17, 15) is 9.59 Å². The van der Waals surface area contributed by atoms with Gasteiger partial charge in [-0.2, -0.15) is 0 Å². The summed E-state index contributed by atoms with van der Waals surface area (Å²) in [6, 6.07) is 6.90. The highest BCUT2D eigenvalue weighted by molar-refractivity contribution is 5.78. The average Bonchev–Trinajstić information content (AvgIpc) is 2.37. The number of rotatable bonds is 6. The fraction of sp³-hybridized carbons (Fsp3) is 0.333. The molecule has 6 nitrogen and oxygen atoms in total. The van der Waals surface area contributed by atoms with Gasteiger partial charge in [0.2, 0.25) is 0 Å². The zero-order valence-corrected chi connectivity index (χ0v) is 10.1. The highest BCUT2D eigenvalue weighted by atomic mass is 16.5. The van der Waals surface area contributed by atoms with Gasteiger partial charge in [0, 0.05) is 6.54 Å². The number of nitrogen functional groups attached to an aromatic ring is 1. The number of carbonyl (C=O) groups excluding carboxylic acids is 2. The summed E-state index contributed by atoms with van der Waals surface area (Å²) < 4.78 is 9.67. The Kier molecular flexibility index (Phi) is 5.50. The van der Waals surface area contributed by atoms with Gasteiger partial charge in [-0.25, -0.2) is 0 Å². The lowest BCUT2D eigenvalue weighted by Gasteiger charge is -2.08. The van der Waals surface area contributed by atoms with Crippen LogP contribution in [-0.4, -0.2) is 32.1 Å². The number of nitrogens with one attached hydrogen (secondary N) is 1. The molecule has 1 rings (SSSR count). The molecule has 18 heavy (non-hydrogen) atoms. The van der Waals surface area contributed by atoms with E-state index >= 15 is 0 Å². The van der Waals surface area contributed by atoms with Crippen molar-refractivity contribution in [3.05, 3.63) is 24.3 Å². The maximum Gasteiger partial charge on any atom is 0.307 e. The molecule has 0 radical (unpaired) electrons. The third kappa shape index (κ3) is 4.73. The Bertz CT molecular complexity index is 420. The lowest BCUT2D eigenvalue weighted by molar-refractivity contribution is -0.140. The fourth-order valence-corrected chi connectivity index (χ4v) is 1.21. The number of para-hydroxylation sites is 2. The van der Waals surface area contributed by atoms with Crippen LogP contribution in [0.1, 0.15) is 6.42 Å². The molecule has 1 aromatic rings. The minimum atomic E-state index is -0.372. The van der Waals surface area contributed by atoms with Gasteiger partial charge in [0.05, 0.1) is 19.2 Å². The predicted octanol–water partition coefficient (Wildman–Crippen LogP) is 0.327. The van der Waals surface area contributed by atoms with Gasteiger partial charge in [-0.3, -0.25) is 9.59 Å². The molecule has 6 heteroatoms. The van der Waals surface area contributed by atoms with Crippen molar-refractivity contribution in [2.45, 2.75) is 6.42 Å². The van der Waals surface area contributed by atoms with Gasteiger partial charge in [0.1, 0.15) is 5.75 Å². The first-order chi connectivity index (χ1) is 8.63. The van der Waals surface area contributed by atoms with Gasteiger partial charge in [-0.05, 0) is 12.1 Å². The summed E-state index contributed by atoms with van der Waals surface area (Å²) in [6.45, 7) is 0.0779. The van der Waals surface area contributed by atoms with Crippen LogP contribution in [0.15, 0.2) is 24.3 Å². The number of benzene rings is 1. The van der Waals surface area contributed by atoms with Gasteiger partial charge in [-0.15, -0.1) is 0 Å². The molecule has 0 fully saturated rings. The molecule has 0 bridgehead atoms. The first kappa shape index (κ1) is 13.8. The maximum atomic E-state index is 11.4. The molecule has 0 aliphatic carbocycles. The Morgan fingerprint density at radius 3 is 2.72 bits per heavy atom. The van der Waals surface area contributed by atoms with E-state index < -0.39 is 0 Å². The second-order valence-electron chi connectivity index (χ2n) is 3.50. The smallest absolute Gasteiger partial charge is 0.307 e. The van der Waals surface area contributed by atoms with E-state index in [1.54, 1.807) is 24.3 Å². The minimum absolute atomic E-state index is 0.135. The van der Waals surface area contributed by atoms with E-state index in [2.05, 4.69) is 10.1 Å². The Labute approximate surface area is 105 Å². The Balaban J connectivity index is 2.25. The second-order valence-corrected chi connectivity index (χ2v) is 3.50. The second kappa shape index (κ2) is 7.16. The monoisotopic (exact) mass is 252 g/mol. The Hall–Kier alpha value is -2.24. The standard InChI is InChI=1S/C12H16N2O4/c1-17-12(16)6-7-14-11(15)8-18-10-5-3-2-4-9(10)13/h2-5H,6-8,13H2,1H3,(H,14,15). The summed E-state index contributed by atoms with van der Waals surface area (Å²) >= 11 is 0. The normalized spacial score (nSPS) is 9.61. The summed E-state index contributed by atoms with van der Waals surface area (Å²) in [5, 5.41) is 2.53. The van der Waals surface area contributed by atoms with E-state index in [0.717, 1.165) is 0 Å². The lowest BCUT2D eigenvalue weighted by Crippen LogP contribution is -2.31. The van der Waals surface area contributed by atoms with Crippen molar-refractivity contribution < 1.29 is 19.1 Å². The average molecular weight is 252 g/mol. The topological polar surface area (TPSA) is 90.6 Å². The number of amides is 1. The quantitative estimate of drug-likeness (QED) is 0.562. The van der Waals surface area contributed by atoms with Crippen molar-refractivity contribution in [2.24, 2.45) is 0 Å². The van der Waals surface area contributed by atoms with Gasteiger partial charge in [0.25, 0.3) is 5.91 Å². The molecule has 1 aromatic carbocycles. The van der Waals surface area contributed by atoms with Gasteiger partial charge < -0.3 is 20.5 Å². The molecule has 3 N–H and O–H groups in total. The Morgan fingerprint density at radius 2 is 2.06 bits per heavy atom. The highest BCUT2D eigenvalue weighted by Crippen LogP contribution is 2.19. The molecule has 0 spiro atoms. The molecular formula is C12H16N2O4. The molecule has 0 heterocycles. The van der Waals surface area contributed by atoms with Crippen LogP contribution in [0, 0.1) is 0 Å². The third-order valence-electron chi connectivity index (χ3n) is 2.16. The molecule has 98 valence electrons. The van der Waals surface area contributed by atoms with Crippen molar-refractivity contribution in [1.29, 1.82) is 0 Å². The molecule has 0 saturated carbocycles. The van der Waals surface area contributed by atoms with Crippen molar-refractivity contribution in [3.63, 3.8) is 0 Å². The summed E-state index contributed by atoms with van der Waals surface area (Å²) in [6.07, 6.45) is 0.135. The van der Waals surface area contributed by atoms with E-state index in [1.807, 2.05) is 0 Å². The largest absolute Gasteiger partial charge is 0.482 e. The van der Waals surface area contributed by atoms with Gasteiger partial charge in [0.15, 0.2) is 6.61 Å². The molecule has 0 atom stereocenters. The van der Waals surface area contributed by atoms with Crippen LogP contribution >= 0.6 is 0 Å². The molecule has 0 unspecified atom stereocenters. The Morgan fingerprint density at radius 1 is 1.33 bits per heavy atom. The van der Waals surface area contributed by atoms with Crippen LogP contribution in [0.25, 0.3) is 0 Å². The van der Waals surface area contributed by atoms with Crippen LogP contribution in [0.5, 0.6) is 5.75 Å². The molecule has 0 aliphatic rings. The first-order valence-electron chi connectivity index (χ1n) is 5.44. The predicted molar refractivity (Wildman–Crippen MR) is 66.0 cm³/mol. The van der Waals surface area contributed by atoms with Crippen LogP contribution in [-0.2, 0) is 14.3 Å². The van der Waals surface area contributed by atoms with Gasteiger partial charge >= 0.3 is 5.97 Å². The highest BCUT2D eigenvalue weighted by Gasteiger charge is 2.05. The minimum Gasteiger partial charge on any atom is -0.482 e. The summed E-state index contributed by atoms with van der Waals surface area (Å²) in [5.41, 5.74) is 6.12. The number of ether oxygens (including phenoxy) is 2. The maximum absolute atomic E-state index is 11.4. The molecular weight excluding hydrogens is 236 g/mol.